The summed E-state index contributed by atoms with van der Waals surface area (Å²) < 4.78 is 14.5. The zero-order valence-electron chi connectivity index (χ0n) is 12.1. The first-order valence-corrected chi connectivity index (χ1v) is 7.40. The molecule has 0 bridgehead atoms. The molecule has 0 radical (unpaired) electrons. The van der Waals surface area contributed by atoms with E-state index in [4.69, 9.17) is 0 Å². The summed E-state index contributed by atoms with van der Waals surface area (Å²) in [7, 11) is 0. The molecular weight excluding hydrogens is 285 g/mol. The Kier molecular flexibility index (Phi) is 4.20. The molecule has 0 saturated heterocycles. The predicted octanol–water partition coefficient (Wildman–Crippen LogP) is 1.79. The van der Waals surface area contributed by atoms with E-state index in [-0.39, 0.29) is 17.6 Å². The highest BCUT2D eigenvalue weighted by atomic mass is 19.1. The van der Waals surface area contributed by atoms with Gasteiger partial charge in [0.15, 0.2) is 0 Å². The fourth-order valence-corrected chi connectivity index (χ4v) is 2.75. The van der Waals surface area contributed by atoms with Crippen molar-refractivity contribution in [2.24, 2.45) is 5.92 Å². The van der Waals surface area contributed by atoms with E-state index < -0.39 is 6.10 Å². The Bertz CT molecular complexity index is 654. The molecular formula is C16H18FN3O2. The standard InChI is InChI=1S/C16H18FN3O2/c17-11-4-6-13(7-5-11)20-9-8-12(19-20)10-18-16(22)14-2-1-3-15(14)21/h4-9,14-15,21H,1-3,10H2,(H,18,22). The number of carbonyl (C=O) groups excluding carboxylic acids is 1. The lowest BCUT2D eigenvalue weighted by Crippen LogP contribution is -2.34. The second-order valence-electron chi connectivity index (χ2n) is 5.55. The summed E-state index contributed by atoms with van der Waals surface area (Å²) in [5, 5.41) is 16.9. The second-order valence-corrected chi connectivity index (χ2v) is 5.55. The van der Waals surface area contributed by atoms with Crippen molar-refractivity contribution in [2.45, 2.75) is 31.9 Å². The minimum Gasteiger partial charge on any atom is -0.392 e. The number of benzene rings is 1. The van der Waals surface area contributed by atoms with Crippen molar-refractivity contribution < 1.29 is 14.3 Å². The van der Waals surface area contributed by atoms with Crippen LogP contribution in [0.15, 0.2) is 36.5 Å². The lowest BCUT2D eigenvalue weighted by atomic mass is 10.1. The zero-order valence-corrected chi connectivity index (χ0v) is 12.1. The molecule has 1 saturated carbocycles. The van der Waals surface area contributed by atoms with Crippen LogP contribution in [0.1, 0.15) is 25.0 Å². The molecule has 2 unspecified atom stereocenters. The van der Waals surface area contributed by atoms with Gasteiger partial charge in [0.25, 0.3) is 0 Å². The minimum absolute atomic E-state index is 0.124. The summed E-state index contributed by atoms with van der Waals surface area (Å²) in [6.07, 6.45) is 3.54. The van der Waals surface area contributed by atoms with Gasteiger partial charge in [-0.3, -0.25) is 4.79 Å². The summed E-state index contributed by atoms with van der Waals surface area (Å²) >= 11 is 0. The lowest BCUT2D eigenvalue weighted by molar-refractivity contribution is -0.127. The maximum Gasteiger partial charge on any atom is 0.226 e. The van der Waals surface area contributed by atoms with Crippen molar-refractivity contribution in [3.8, 4) is 5.69 Å². The Morgan fingerprint density at radius 1 is 1.32 bits per heavy atom. The summed E-state index contributed by atoms with van der Waals surface area (Å²) in [6.45, 7) is 0.316. The zero-order chi connectivity index (χ0) is 15.5. The van der Waals surface area contributed by atoms with Gasteiger partial charge >= 0.3 is 0 Å². The molecule has 1 aliphatic carbocycles. The first kappa shape index (κ1) is 14.7. The molecule has 0 spiro atoms. The molecule has 1 amide bonds. The van der Waals surface area contributed by atoms with Crippen LogP contribution in [0.5, 0.6) is 0 Å². The number of aliphatic hydroxyl groups excluding tert-OH is 1. The van der Waals surface area contributed by atoms with Gasteiger partial charge in [0.2, 0.25) is 5.91 Å². The molecule has 1 aromatic heterocycles. The monoisotopic (exact) mass is 303 g/mol. The number of carbonyl (C=O) groups is 1. The minimum atomic E-state index is -0.531. The van der Waals surface area contributed by atoms with Gasteiger partial charge < -0.3 is 10.4 Å². The number of amides is 1. The molecule has 3 rings (SSSR count). The fourth-order valence-electron chi connectivity index (χ4n) is 2.75. The van der Waals surface area contributed by atoms with Crippen molar-refractivity contribution in [1.82, 2.24) is 15.1 Å². The molecule has 1 heterocycles. The summed E-state index contributed by atoms with van der Waals surface area (Å²) in [4.78, 5) is 12.0. The number of rotatable bonds is 4. The number of hydrogen-bond donors (Lipinski definition) is 2. The van der Waals surface area contributed by atoms with Gasteiger partial charge in [-0.15, -0.1) is 0 Å². The van der Waals surface area contributed by atoms with Crippen molar-refractivity contribution in [3.63, 3.8) is 0 Å². The average molecular weight is 303 g/mol. The van der Waals surface area contributed by atoms with Gasteiger partial charge in [-0.25, -0.2) is 9.07 Å². The fraction of sp³-hybridized carbons (Fsp3) is 0.375. The van der Waals surface area contributed by atoms with E-state index in [0.29, 0.717) is 18.7 Å². The predicted molar refractivity (Wildman–Crippen MR) is 78.7 cm³/mol. The summed E-state index contributed by atoms with van der Waals surface area (Å²) in [5.74, 6) is -0.723. The van der Waals surface area contributed by atoms with Gasteiger partial charge in [-0.1, -0.05) is 0 Å². The third kappa shape index (κ3) is 3.17. The first-order chi connectivity index (χ1) is 10.6. The third-order valence-corrected chi connectivity index (χ3v) is 4.00. The quantitative estimate of drug-likeness (QED) is 0.905. The third-order valence-electron chi connectivity index (χ3n) is 4.00. The number of aliphatic hydroxyl groups is 1. The van der Waals surface area contributed by atoms with E-state index >= 15 is 0 Å². The number of nitrogens with zero attached hydrogens (tertiary/aromatic N) is 2. The molecule has 5 nitrogen and oxygen atoms in total. The molecule has 1 fully saturated rings. The molecule has 2 aromatic rings. The Morgan fingerprint density at radius 2 is 2.09 bits per heavy atom. The molecule has 1 aliphatic rings. The normalized spacial score (nSPS) is 21.0. The van der Waals surface area contributed by atoms with Crippen LogP contribution < -0.4 is 5.32 Å². The second kappa shape index (κ2) is 6.27. The molecule has 2 N–H and O–H groups in total. The number of hydrogen-bond acceptors (Lipinski definition) is 3. The average Bonchev–Trinajstić information content (AvgIpc) is 3.14. The van der Waals surface area contributed by atoms with E-state index in [9.17, 15) is 14.3 Å². The highest BCUT2D eigenvalue weighted by molar-refractivity contribution is 5.79. The van der Waals surface area contributed by atoms with E-state index in [0.717, 1.165) is 18.5 Å². The number of aromatic nitrogens is 2. The maximum atomic E-state index is 12.9. The Hall–Kier alpha value is -2.21. The van der Waals surface area contributed by atoms with E-state index in [2.05, 4.69) is 10.4 Å². The topological polar surface area (TPSA) is 67.2 Å². The maximum absolute atomic E-state index is 12.9. The van der Waals surface area contributed by atoms with Crippen molar-refractivity contribution in [2.75, 3.05) is 0 Å². The SMILES string of the molecule is O=C(NCc1ccn(-c2ccc(F)cc2)n1)C1CCCC1O. The van der Waals surface area contributed by atoms with E-state index in [1.807, 2.05) is 0 Å². The van der Waals surface area contributed by atoms with Crippen LogP contribution in [-0.4, -0.2) is 26.9 Å². The molecule has 1 aromatic carbocycles. The van der Waals surface area contributed by atoms with Crippen LogP contribution in [0.4, 0.5) is 4.39 Å². The Balaban J connectivity index is 1.60. The van der Waals surface area contributed by atoms with E-state index in [1.54, 1.807) is 29.1 Å². The molecule has 116 valence electrons. The van der Waals surface area contributed by atoms with Crippen molar-refractivity contribution >= 4 is 5.91 Å². The summed E-state index contributed by atoms with van der Waals surface area (Å²) in [6, 6.07) is 7.83. The van der Waals surface area contributed by atoms with Gasteiger partial charge in [0, 0.05) is 6.20 Å². The molecule has 0 aliphatic heterocycles. The first-order valence-electron chi connectivity index (χ1n) is 7.40. The lowest BCUT2D eigenvalue weighted by Gasteiger charge is -2.13. The Morgan fingerprint density at radius 3 is 2.77 bits per heavy atom. The largest absolute Gasteiger partial charge is 0.392 e. The Labute approximate surface area is 127 Å². The van der Waals surface area contributed by atoms with Gasteiger partial charge in [-0.2, -0.15) is 5.10 Å². The smallest absolute Gasteiger partial charge is 0.226 e. The number of halogens is 1. The van der Waals surface area contributed by atoms with Crippen LogP contribution in [-0.2, 0) is 11.3 Å². The van der Waals surface area contributed by atoms with Crippen LogP contribution in [0, 0.1) is 11.7 Å². The number of nitrogens with one attached hydrogen (secondary N) is 1. The highest BCUT2D eigenvalue weighted by Crippen LogP contribution is 2.25. The van der Waals surface area contributed by atoms with Crippen molar-refractivity contribution in [1.29, 1.82) is 0 Å². The van der Waals surface area contributed by atoms with Crippen LogP contribution in [0.3, 0.4) is 0 Å². The van der Waals surface area contributed by atoms with Gasteiger partial charge in [0.1, 0.15) is 5.82 Å². The molecule has 6 heteroatoms. The van der Waals surface area contributed by atoms with Gasteiger partial charge in [-0.05, 0) is 49.6 Å². The van der Waals surface area contributed by atoms with Crippen LogP contribution in [0.25, 0.3) is 5.69 Å². The van der Waals surface area contributed by atoms with Crippen molar-refractivity contribution in [3.05, 3.63) is 48.0 Å². The van der Waals surface area contributed by atoms with Gasteiger partial charge in [0.05, 0.1) is 29.9 Å². The highest BCUT2D eigenvalue weighted by Gasteiger charge is 2.31. The summed E-state index contributed by atoms with van der Waals surface area (Å²) in [5.41, 5.74) is 1.47. The van der Waals surface area contributed by atoms with Crippen LogP contribution in [0.2, 0.25) is 0 Å². The molecule has 22 heavy (non-hydrogen) atoms. The molecule has 2 atom stereocenters. The van der Waals surface area contributed by atoms with E-state index in [1.165, 1.54) is 12.1 Å². The van der Waals surface area contributed by atoms with Crippen LogP contribution >= 0.6 is 0 Å².